The van der Waals surface area contributed by atoms with E-state index in [4.69, 9.17) is 5.11 Å². The van der Waals surface area contributed by atoms with Gasteiger partial charge in [0.1, 0.15) is 5.69 Å². The summed E-state index contributed by atoms with van der Waals surface area (Å²) in [6, 6.07) is 4.50. The SMILES string of the molecule is Cc1cccc2c(C(=O)O)c(C(F)(F)F)[nH]c12. The van der Waals surface area contributed by atoms with E-state index in [-0.39, 0.29) is 10.9 Å². The Morgan fingerprint density at radius 3 is 2.53 bits per heavy atom. The molecule has 0 amide bonds. The molecule has 0 atom stereocenters. The van der Waals surface area contributed by atoms with Crippen molar-refractivity contribution in [1.29, 1.82) is 0 Å². The molecule has 2 N–H and O–H groups in total. The minimum absolute atomic E-state index is 0.0739. The molecule has 1 aromatic heterocycles. The zero-order chi connectivity index (χ0) is 12.8. The maximum atomic E-state index is 12.7. The molecule has 6 heteroatoms. The van der Waals surface area contributed by atoms with Gasteiger partial charge in [-0.3, -0.25) is 0 Å². The molecule has 0 fully saturated rings. The largest absolute Gasteiger partial charge is 0.478 e. The zero-order valence-electron chi connectivity index (χ0n) is 8.72. The van der Waals surface area contributed by atoms with Crippen molar-refractivity contribution in [2.24, 2.45) is 0 Å². The van der Waals surface area contributed by atoms with Gasteiger partial charge in [0.05, 0.1) is 5.56 Å². The van der Waals surface area contributed by atoms with Gasteiger partial charge in [-0.15, -0.1) is 0 Å². The number of fused-ring (bicyclic) bond motifs is 1. The molecule has 0 bridgehead atoms. The quantitative estimate of drug-likeness (QED) is 0.808. The van der Waals surface area contributed by atoms with Crippen LogP contribution in [0.15, 0.2) is 18.2 Å². The van der Waals surface area contributed by atoms with Crippen molar-refractivity contribution < 1.29 is 23.1 Å². The van der Waals surface area contributed by atoms with Crippen LogP contribution in [-0.2, 0) is 6.18 Å². The van der Waals surface area contributed by atoms with Gasteiger partial charge >= 0.3 is 12.1 Å². The summed E-state index contributed by atoms with van der Waals surface area (Å²) >= 11 is 0. The summed E-state index contributed by atoms with van der Waals surface area (Å²) in [6.07, 6.45) is -4.71. The summed E-state index contributed by atoms with van der Waals surface area (Å²) in [6.45, 7) is 1.62. The number of H-pyrrole nitrogens is 1. The van der Waals surface area contributed by atoms with Crippen LogP contribution in [0.3, 0.4) is 0 Å². The summed E-state index contributed by atoms with van der Waals surface area (Å²) in [4.78, 5) is 13.1. The Bertz CT molecular complexity index is 599. The number of alkyl halides is 3. The number of aromatic nitrogens is 1. The molecule has 17 heavy (non-hydrogen) atoms. The van der Waals surface area contributed by atoms with Gasteiger partial charge in [0.2, 0.25) is 0 Å². The van der Waals surface area contributed by atoms with E-state index in [1.807, 2.05) is 0 Å². The fourth-order valence-corrected chi connectivity index (χ4v) is 1.80. The van der Waals surface area contributed by atoms with Crippen LogP contribution in [-0.4, -0.2) is 16.1 Å². The van der Waals surface area contributed by atoms with Crippen LogP contribution in [0.1, 0.15) is 21.6 Å². The van der Waals surface area contributed by atoms with Gasteiger partial charge in [0, 0.05) is 10.9 Å². The summed E-state index contributed by atoms with van der Waals surface area (Å²) in [5.41, 5.74) is -1.16. The summed E-state index contributed by atoms with van der Waals surface area (Å²) < 4.78 is 38.1. The topological polar surface area (TPSA) is 53.1 Å². The third kappa shape index (κ3) is 1.75. The number of aromatic carboxylic acids is 1. The highest BCUT2D eigenvalue weighted by Gasteiger charge is 2.38. The number of aromatic amines is 1. The number of halogens is 3. The summed E-state index contributed by atoms with van der Waals surface area (Å²) in [7, 11) is 0. The molecule has 0 spiro atoms. The van der Waals surface area contributed by atoms with E-state index in [1.165, 1.54) is 12.1 Å². The highest BCUT2D eigenvalue weighted by Crippen LogP contribution is 2.36. The number of rotatable bonds is 1. The Morgan fingerprint density at radius 2 is 2.00 bits per heavy atom. The molecular weight excluding hydrogens is 235 g/mol. The summed E-state index contributed by atoms with van der Waals surface area (Å²) in [5, 5.41) is 8.96. The Labute approximate surface area is 93.9 Å². The lowest BCUT2D eigenvalue weighted by molar-refractivity contribution is -0.141. The number of carboxylic acids is 1. The molecule has 3 nitrogen and oxygen atoms in total. The number of carbonyl (C=O) groups is 1. The van der Waals surface area contributed by atoms with Gasteiger partial charge in [0.15, 0.2) is 0 Å². The van der Waals surface area contributed by atoms with Gasteiger partial charge in [-0.05, 0) is 12.5 Å². The first-order valence-electron chi connectivity index (χ1n) is 4.74. The highest BCUT2D eigenvalue weighted by atomic mass is 19.4. The number of aryl methyl sites for hydroxylation is 1. The Balaban J connectivity index is 2.90. The van der Waals surface area contributed by atoms with E-state index in [2.05, 4.69) is 4.98 Å². The van der Waals surface area contributed by atoms with Crippen LogP contribution < -0.4 is 0 Å². The van der Waals surface area contributed by atoms with E-state index in [1.54, 1.807) is 13.0 Å². The van der Waals surface area contributed by atoms with E-state index in [0.29, 0.717) is 5.56 Å². The van der Waals surface area contributed by atoms with E-state index in [0.717, 1.165) is 0 Å². The third-order valence-electron chi connectivity index (χ3n) is 2.54. The Morgan fingerprint density at radius 1 is 1.35 bits per heavy atom. The molecule has 0 aliphatic rings. The average Bonchev–Trinajstić information content (AvgIpc) is 2.57. The van der Waals surface area contributed by atoms with Crippen LogP contribution in [0.25, 0.3) is 10.9 Å². The van der Waals surface area contributed by atoms with Crippen molar-refractivity contribution in [3.8, 4) is 0 Å². The highest BCUT2D eigenvalue weighted by molar-refractivity contribution is 6.05. The van der Waals surface area contributed by atoms with Gasteiger partial charge in [-0.2, -0.15) is 13.2 Å². The normalized spacial score (nSPS) is 12.0. The third-order valence-corrected chi connectivity index (χ3v) is 2.54. The fourth-order valence-electron chi connectivity index (χ4n) is 1.80. The van der Waals surface area contributed by atoms with E-state index in [9.17, 15) is 18.0 Å². The molecule has 0 aliphatic heterocycles. The van der Waals surface area contributed by atoms with Gasteiger partial charge < -0.3 is 10.1 Å². The van der Waals surface area contributed by atoms with Crippen LogP contribution in [0, 0.1) is 6.92 Å². The standard InChI is InChI=1S/C11H8F3NO2/c1-5-3-2-4-6-7(10(16)17)9(11(12,13)14)15-8(5)6/h2-4,15H,1H3,(H,16,17). The van der Waals surface area contributed by atoms with Crippen LogP contribution in [0.2, 0.25) is 0 Å². The second-order valence-electron chi connectivity index (χ2n) is 3.68. The minimum Gasteiger partial charge on any atom is -0.478 e. The molecule has 0 saturated heterocycles. The molecule has 1 heterocycles. The Kier molecular flexibility index (Phi) is 2.38. The van der Waals surface area contributed by atoms with Gasteiger partial charge in [-0.25, -0.2) is 4.79 Å². The van der Waals surface area contributed by atoms with Crippen molar-refractivity contribution in [2.75, 3.05) is 0 Å². The lowest BCUT2D eigenvalue weighted by atomic mass is 10.1. The number of nitrogens with one attached hydrogen (secondary N) is 1. The molecule has 0 aliphatic carbocycles. The molecule has 2 rings (SSSR count). The van der Waals surface area contributed by atoms with Crippen LogP contribution in [0.4, 0.5) is 13.2 Å². The first-order chi connectivity index (χ1) is 7.82. The lowest BCUT2D eigenvalue weighted by Crippen LogP contribution is -2.11. The molecule has 90 valence electrons. The molecule has 0 radical (unpaired) electrons. The van der Waals surface area contributed by atoms with Crippen molar-refractivity contribution in [2.45, 2.75) is 13.1 Å². The first kappa shape index (κ1) is 11.5. The predicted molar refractivity (Wildman–Crippen MR) is 55.0 cm³/mol. The molecule has 0 unspecified atom stereocenters. The number of para-hydroxylation sites is 1. The van der Waals surface area contributed by atoms with Crippen LogP contribution >= 0.6 is 0 Å². The van der Waals surface area contributed by atoms with Crippen LogP contribution in [0.5, 0.6) is 0 Å². The van der Waals surface area contributed by atoms with E-state index >= 15 is 0 Å². The molecule has 0 saturated carbocycles. The van der Waals surface area contributed by atoms with E-state index < -0.39 is 23.4 Å². The average molecular weight is 243 g/mol. The number of hydrogen-bond donors (Lipinski definition) is 2. The number of carboxylic acid groups (broad SMARTS) is 1. The fraction of sp³-hybridized carbons (Fsp3) is 0.182. The van der Waals surface area contributed by atoms with Crippen molar-refractivity contribution >= 4 is 16.9 Å². The minimum atomic E-state index is -4.71. The summed E-state index contributed by atoms with van der Waals surface area (Å²) in [5.74, 6) is -1.59. The lowest BCUT2D eigenvalue weighted by Gasteiger charge is -2.04. The maximum absolute atomic E-state index is 12.7. The van der Waals surface area contributed by atoms with Gasteiger partial charge in [0.25, 0.3) is 0 Å². The smallest absolute Gasteiger partial charge is 0.432 e. The molecular formula is C11H8F3NO2. The van der Waals surface area contributed by atoms with Crippen molar-refractivity contribution in [3.63, 3.8) is 0 Å². The van der Waals surface area contributed by atoms with Crippen molar-refractivity contribution in [1.82, 2.24) is 4.98 Å². The maximum Gasteiger partial charge on any atom is 0.432 e. The molecule has 2 aromatic rings. The zero-order valence-corrected chi connectivity index (χ0v) is 8.72. The van der Waals surface area contributed by atoms with Crippen molar-refractivity contribution in [3.05, 3.63) is 35.0 Å². The Hall–Kier alpha value is -1.98. The second-order valence-corrected chi connectivity index (χ2v) is 3.68. The van der Waals surface area contributed by atoms with Gasteiger partial charge in [-0.1, -0.05) is 18.2 Å². The number of hydrogen-bond acceptors (Lipinski definition) is 1. The molecule has 1 aromatic carbocycles. The number of benzene rings is 1. The first-order valence-corrected chi connectivity index (χ1v) is 4.74. The monoisotopic (exact) mass is 243 g/mol. The second kappa shape index (κ2) is 3.51. The predicted octanol–water partition coefficient (Wildman–Crippen LogP) is 3.19.